The SMILES string of the molecule is CCOP(=O)(OCC)/C(SCC)=C(/SCC)C(=O)c1ccccc1. The van der Waals surface area contributed by atoms with Crippen LogP contribution in [0.5, 0.6) is 0 Å². The largest absolute Gasteiger partial charge is 0.368 e. The molecule has 1 rings (SSSR count). The van der Waals surface area contributed by atoms with Crippen molar-refractivity contribution in [1.82, 2.24) is 0 Å². The number of hydrogen-bond acceptors (Lipinski definition) is 6. The van der Waals surface area contributed by atoms with Crippen molar-refractivity contribution in [3.8, 4) is 0 Å². The van der Waals surface area contributed by atoms with Gasteiger partial charge >= 0.3 is 7.60 Å². The molecular formula is C17H25O4PS2. The Morgan fingerprint density at radius 2 is 1.50 bits per heavy atom. The van der Waals surface area contributed by atoms with Crippen molar-refractivity contribution in [1.29, 1.82) is 0 Å². The number of thioether (sulfide) groups is 2. The Kier molecular flexibility index (Phi) is 10.0. The van der Waals surface area contributed by atoms with Gasteiger partial charge in [0.25, 0.3) is 0 Å². The molecule has 0 aliphatic rings. The molecule has 0 amide bonds. The third-order valence-corrected chi connectivity index (χ3v) is 7.84. The fraction of sp³-hybridized carbons (Fsp3) is 0.471. The van der Waals surface area contributed by atoms with Crippen LogP contribution in [0.3, 0.4) is 0 Å². The van der Waals surface area contributed by atoms with Gasteiger partial charge in [0.05, 0.1) is 18.1 Å². The average Bonchev–Trinajstić information content (AvgIpc) is 2.58. The maximum atomic E-state index is 13.3. The second-order valence-electron chi connectivity index (χ2n) is 4.53. The van der Waals surface area contributed by atoms with E-state index in [1.54, 1.807) is 26.0 Å². The minimum Gasteiger partial charge on any atom is -0.305 e. The molecule has 1 aromatic rings. The lowest BCUT2D eigenvalue weighted by atomic mass is 10.1. The molecule has 0 radical (unpaired) electrons. The quantitative estimate of drug-likeness (QED) is 0.271. The lowest BCUT2D eigenvalue weighted by Crippen LogP contribution is -2.07. The van der Waals surface area contributed by atoms with Crippen LogP contribution in [0.25, 0.3) is 0 Å². The van der Waals surface area contributed by atoms with Gasteiger partial charge in [0.2, 0.25) is 5.78 Å². The van der Waals surface area contributed by atoms with Crippen LogP contribution in [-0.2, 0) is 13.6 Å². The molecule has 7 heteroatoms. The van der Waals surface area contributed by atoms with Gasteiger partial charge in [-0.15, -0.1) is 23.5 Å². The van der Waals surface area contributed by atoms with Crippen molar-refractivity contribution in [2.45, 2.75) is 27.7 Å². The normalized spacial score (nSPS) is 12.8. The minimum absolute atomic E-state index is 0.141. The molecule has 24 heavy (non-hydrogen) atoms. The molecule has 0 heterocycles. The highest BCUT2D eigenvalue weighted by Crippen LogP contribution is 2.62. The Balaban J connectivity index is 3.47. The first kappa shape index (κ1) is 21.5. The van der Waals surface area contributed by atoms with Gasteiger partial charge in [-0.3, -0.25) is 9.36 Å². The van der Waals surface area contributed by atoms with E-state index in [0.29, 0.717) is 26.6 Å². The topological polar surface area (TPSA) is 52.6 Å². The van der Waals surface area contributed by atoms with Crippen LogP contribution in [0.4, 0.5) is 0 Å². The second kappa shape index (κ2) is 11.2. The summed E-state index contributed by atoms with van der Waals surface area (Å²) >= 11 is 2.74. The predicted molar refractivity (Wildman–Crippen MR) is 105 cm³/mol. The van der Waals surface area contributed by atoms with Crippen molar-refractivity contribution >= 4 is 36.9 Å². The molecule has 0 atom stereocenters. The van der Waals surface area contributed by atoms with Crippen LogP contribution in [0.2, 0.25) is 0 Å². The summed E-state index contributed by atoms with van der Waals surface area (Å²) < 4.78 is 24.7. The highest BCUT2D eigenvalue weighted by molar-refractivity contribution is 8.12. The zero-order valence-electron chi connectivity index (χ0n) is 14.6. The van der Waals surface area contributed by atoms with E-state index < -0.39 is 7.60 Å². The molecule has 0 unspecified atom stereocenters. The lowest BCUT2D eigenvalue weighted by molar-refractivity contribution is 0.104. The van der Waals surface area contributed by atoms with E-state index in [-0.39, 0.29) is 19.0 Å². The van der Waals surface area contributed by atoms with Crippen LogP contribution in [0.15, 0.2) is 39.9 Å². The Morgan fingerprint density at radius 3 is 1.96 bits per heavy atom. The molecule has 0 saturated heterocycles. The number of rotatable bonds is 11. The third-order valence-electron chi connectivity index (χ3n) is 2.85. The Morgan fingerprint density at radius 1 is 0.958 bits per heavy atom. The van der Waals surface area contributed by atoms with Crippen molar-refractivity contribution in [2.24, 2.45) is 0 Å². The first-order chi connectivity index (χ1) is 11.5. The molecule has 0 aromatic heterocycles. The zero-order valence-corrected chi connectivity index (χ0v) is 17.1. The molecule has 4 nitrogen and oxygen atoms in total. The summed E-state index contributed by atoms with van der Waals surface area (Å²) in [5.74, 6) is 1.23. The standard InChI is InChI=1S/C17H25O4PS2/c1-5-20-22(19,21-6-2)17(24-8-4)16(23-7-3)15(18)14-12-10-9-11-13-14/h9-13H,5-8H2,1-4H3/b17-16-. The zero-order chi connectivity index (χ0) is 18.0. The first-order valence-corrected chi connectivity index (χ1v) is 11.5. The molecule has 0 bridgehead atoms. The van der Waals surface area contributed by atoms with Crippen LogP contribution in [0, 0.1) is 0 Å². The van der Waals surface area contributed by atoms with Crippen LogP contribution < -0.4 is 0 Å². The molecular weight excluding hydrogens is 363 g/mol. The number of carbonyl (C=O) groups excluding carboxylic acids is 1. The van der Waals surface area contributed by atoms with Crippen molar-refractivity contribution < 1.29 is 18.4 Å². The summed E-state index contributed by atoms with van der Waals surface area (Å²) in [4.78, 5) is 13.4. The van der Waals surface area contributed by atoms with Crippen LogP contribution >= 0.6 is 31.1 Å². The average molecular weight is 388 g/mol. The monoisotopic (exact) mass is 388 g/mol. The molecule has 0 fully saturated rings. The summed E-state index contributed by atoms with van der Waals surface area (Å²) in [5.41, 5.74) is 0.571. The maximum absolute atomic E-state index is 13.3. The smallest absolute Gasteiger partial charge is 0.305 e. The number of hydrogen-bond donors (Lipinski definition) is 0. The van der Waals surface area contributed by atoms with Gasteiger partial charge in [-0.25, -0.2) is 0 Å². The number of carbonyl (C=O) groups is 1. The Labute approximate surface area is 153 Å². The van der Waals surface area contributed by atoms with Gasteiger partial charge < -0.3 is 9.05 Å². The summed E-state index contributed by atoms with van der Waals surface area (Å²) in [7, 11) is -3.51. The Bertz CT molecular complexity index is 592. The highest BCUT2D eigenvalue weighted by Gasteiger charge is 2.35. The summed E-state index contributed by atoms with van der Waals surface area (Å²) in [6, 6.07) is 9.02. The van der Waals surface area contributed by atoms with Gasteiger partial charge in [0.1, 0.15) is 4.65 Å². The number of ketones is 1. The van der Waals surface area contributed by atoms with Gasteiger partial charge in [-0.2, -0.15) is 0 Å². The van der Waals surface area contributed by atoms with E-state index in [9.17, 15) is 9.36 Å². The van der Waals surface area contributed by atoms with Gasteiger partial charge in [-0.1, -0.05) is 44.2 Å². The van der Waals surface area contributed by atoms with E-state index in [4.69, 9.17) is 9.05 Å². The number of Topliss-reactive ketones (excluding diaryl/α,β-unsaturated/α-hetero) is 1. The highest BCUT2D eigenvalue weighted by atomic mass is 32.2. The van der Waals surface area contributed by atoms with Crippen molar-refractivity contribution in [2.75, 3.05) is 24.7 Å². The molecule has 0 saturated carbocycles. The Hall–Kier alpha value is -0.520. The van der Waals surface area contributed by atoms with Crippen LogP contribution in [0.1, 0.15) is 38.1 Å². The summed E-state index contributed by atoms with van der Waals surface area (Å²) in [6.07, 6.45) is 0. The molecule has 0 aliphatic heterocycles. The summed E-state index contributed by atoms with van der Waals surface area (Å²) in [5, 5.41) is 0. The second-order valence-corrected chi connectivity index (χ2v) is 9.34. The van der Waals surface area contributed by atoms with Gasteiger partial charge in [-0.05, 0) is 25.4 Å². The molecule has 1 aromatic carbocycles. The van der Waals surface area contributed by atoms with E-state index in [2.05, 4.69) is 0 Å². The fourth-order valence-electron chi connectivity index (χ4n) is 1.99. The first-order valence-electron chi connectivity index (χ1n) is 8.03. The van der Waals surface area contributed by atoms with E-state index in [1.807, 2.05) is 32.0 Å². The molecule has 0 aliphatic carbocycles. The van der Waals surface area contributed by atoms with Crippen molar-refractivity contribution in [3.63, 3.8) is 0 Å². The third kappa shape index (κ3) is 5.78. The molecule has 0 N–H and O–H groups in total. The predicted octanol–water partition coefficient (Wildman–Crippen LogP) is 5.81. The van der Waals surface area contributed by atoms with Crippen LogP contribution in [-0.4, -0.2) is 30.5 Å². The van der Waals surface area contributed by atoms with Gasteiger partial charge in [0.15, 0.2) is 0 Å². The van der Waals surface area contributed by atoms with Gasteiger partial charge in [0, 0.05) is 5.56 Å². The number of allylic oxidation sites excluding steroid dienone is 1. The van der Waals surface area contributed by atoms with Crippen molar-refractivity contribution in [3.05, 3.63) is 45.4 Å². The van der Waals surface area contributed by atoms with E-state index in [0.717, 1.165) is 0 Å². The fourth-order valence-corrected chi connectivity index (χ4v) is 6.71. The minimum atomic E-state index is -3.51. The summed E-state index contributed by atoms with van der Waals surface area (Å²) in [6.45, 7) is 7.97. The maximum Gasteiger partial charge on any atom is 0.368 e. The molecule has 134 valence electrons. The lowest BCUT2D eigenvalue weighted by Gasteiger charge is -2.22. The number of benzene rings is 1. The molecule has 0 spiro atoms. The van der Waals surface area contributed by atoms with E-state index >= 15 is 0 Å². The van der Waals surface area contributed by atoms with E-state index in [1.165, 1.54) is 23.5 Å².